The summed E-state index contributed by atoms with van der Waals surface area (Å²) in [5.74, 6) is 1.46. The summed E-state index contributed by atoms with van der Waals surface area (Å²) in [6.07, 6.45) is 4.30. The molecule has 1 heterocycles. The van der Waals surface area contributed by atoms with E-state index in [1.54, 1.807) is 6.07 Å². The summed E-state index contributed by atoms with van der Waals surface area (Å²) in [6, 6.07) is 13.4. The second kappa shape index (κ2) is 6.98. The summed E-state index contributed by atoms with van der Waals surface area (Å²) in [6.45, 7) is 8.99. The van der Waals surface area contributed by atoms with Gasteiger partial charge in [-0.1, -0.05) is 50.2 Å². The van der Waals surface area contributed by atoms with Crippen LogP contribution in [-0.2, 0) is 4.84 Å². The molecule has 2 unspecified atom stereocenters. The molecule has 2 bridgehead atoms. The Labute approximate surface area is 182 Å². The summed E-state index contributed by atoms with van der Waals surface area (Å²) in [7, 11) is 0. The van der Waals surface area contributed by atoms with Gasteiger partial charge in [0.1, 0.15) is 0 Å². The van der Waals surface area contributed by atoms with Gasteiger partial charge in [0.15, 0.2) is 11.5 Å². The molecule has 2 saturated carbocycles. The number of oxime groups is 1. The van der Waals surface area contributed by atoms with Crippen LogP contribution in [0.5, 0.6) is 11.5 Å². The number of carbonyl (C=O) groups is 1. The fourth-order valence-corrected chi connectivity index (χ4v) is 5.40. The van der Waals surface area contributed by atoms with E-state index in [4.69, 9.17) is 14.3 Å². The summed E-state index contributed by atoms with van der Waals surface area (Å²) < 4.78 is 11.0. The third-order valence-electron chi connectivity index (χ3n) is 7.70. The van der Waals surface area contributed by atoms with E-state index in [9.17, 15) is 4.79 Å². The lowest BCUT2D eigenvalue weighted by atomic mass is 9.70. The van der Waals surface area contributed by atoms with Gasteiger partial charge in [0.05, 0.1) is 11.3 Å². The lowest BCUT2D eigenvalue weighted by Crippen LogP contribution is -2.33. The Balaban J connectivity index is 1.53. The first-order valence-corrected chi connectivity index (χ1v) is 10.8. The van der Waals surface area contributed by atoms with E-state index in [0.29, 0.717) is 11.5 Å². The number of fused-ring (bicyclic) bond motifs is 3. The van der Waals surface area contributed by atoms with E-state index in [1.165, 1.54) is 0 Å². The number of benzene rings is 2. The molecular formula is C26H27NO4. The van der Waals surface area contributed by atoms with Gasteiger partial charge in [-0.05, 0) is 72.1 Å². The third-order valence-corrected chi connectivity index (χ3v) is 7.70. The predicted octanol–water partition coefficient (Wildman–Crippen LogP) is 5.78. The van der Waals surface area contributed by atoms with Gasteiger partial charge in [-0.2, -0.15) is 0 Å². The number of allylic oxidation sites excluding steroid dienone is 1. The number of ether oxygens (including phenoxy) is 2. The second-order valence-electron chi connectivity index (χ2n) is 9.49. The molecule has 2 aliphatic carbocycles. The molecular weight excluding hydrogens is 390 g/mol. The van der Waals surface area contributed by atoms with E-state index in [2.05, 4.69) is 32.0 Å². The van der Waals surface area contributed by atoms with Gasteiger partial charge < -0.3 is 14.3 Å². The summed E-state index contributed by atoms with van der Waals surface area (Å²) in [5, 5.41) is 4.48. The standard InChI is InChI=1S/C26H27NO4/c1-16-7-5-6-8-18(16)24(28)31-27-23-19(20-11-12-26(23,4)25(20,2)3)13-17-9-10-21-22(14-17)30-15-29-21/h5-10,13-14,20H,11-12,15H2,1-4H3/b19-13+,27-23-. The Kier molecular flexibility index (Phi) is 4.47. The van der Waals surface area contributed by atoms with Gasteiger partial charge in [-0.15, -0.1) is 0 Å². The molecule has 1 aliphatic heterocycles. The van der Waals surface area contributed by atoms with Gasteiger partial charge in [0.2, 0.25) is 6.79 Å². The summed E-state index contributed by atoms with van der Waals surface area (Å²) in [5.41, 5.74) is 4.37. The zero-order valence-electron chi connectivity index (χ0n) is 18.4. The third kappa shape index (κ3) is 2.98. The van der Waals surface area contributed by atoms with Crippen LogP contribution in [0.1, 0.15) is 55.1 Å². The van der Waals surface area contributed by atoms with Gasteiger partial charge in [0.25, 0.3) is 0 Å². The van der Waals surface area contributed by atoms with Crippen LogP contribution in [0.25, 0.3) is 6.08 Å². The molecule has 0 spiro atoms. The minimum absolute atomic E-state index is 0.0308. The van der Waals surface area contributed by atoms with Crippen LogP contribution in [0, 0.1) is 23.7 Å². The lowest BCUT2D eigenvalue weighted by molar-refractivity contribution is 0.0508. The van der Waals surface area contributed by atoms with Crippen LogP contribution in [0.15, 0.2) is 53.2 Å². The zero-order valence-corrected chi connectivity index (χ0v) is 18.4. The molecule has 2 aromatic rings. The molecule has 0 saturated heterocycles. The molecule has 5 rings (SSSR count). The maximum Gasteiger partial charge on any atom is 0.366 e. The largest absolute Gasteiger partial charge is 0.454 e. The molecule has 0 N–H and O–H groups in total. The number of rotatable bonds is 3. The van der Waals surface area contributed by atoms with Crippen LogP contribution in [0.2, 0.25) is 0 Å². The fraction of sp³-hybridized carbons (Fsp3) is 0.385. The molecule has 160 valence electrons. The number of carbonyl (C=O) groups excluding carboxylic acids is 1. The summed E-state index contributed by atoms with van der Waals surface area (Å²) in [4.78, 5) is 18.2. The predicted molar refractivity (Wildman–Crippen MR) is 119 cm³/mol. The molecule has 0 aromatic heterocycles. The molecule has 5 heteroatoms. The van der Waals surface area contributed by atoms with E-state index in [1.807, 2.05) is 43.3 Å². The van der Waals surface area contributed by atoms with Crippen LogP contribution >= 0.6 is 0 Å². The first-order chi connectivity index (χ1) is 14.8. The number of hydrogen-bond acceptors (Lipinski definition) is 5. The van der Waals surface area contributed by atoms with Crippen molar-refractivity contribution in [1.29, 1.82) is 0 Å². The van der Waals surface area contributed by atoms with Crippen molar-refractivity contribution in [3.8, 4) is 11.5 Å². The van der Waals surface area contributed by atoms with Crippen molar-refractivity contribution in [3.63, 3.8) is 0 Å². The van der Waals surface area contributed by atoms with Crippen LogP contribution in [0.3, 0.4) is 0 Å². The average Bonchev–Trinajstić information content (AvgIpc) is 3.33. The Morgan fingerprint density at radius 1 is 1.13 bits per heavy atom. The van der Waals surface area contributed by atoms with E-state index in [0.717, 1.165) is 46.8 Å². The SMILES string of the molecule is Cc1ccccc1C(=O)O/N=C1/C(=C/c2ccc3c(c2)OCO3)C2CCC1(C)C2(C)C. The summed E-state index contributed by atoms with van der Waals surface area (Å²) >= 11 is 0. The Bertz CT molecular complexity index is 1130. The van der Waals surface area contributed by atoms with E-state index in [-0.39, 0.29) is 17.6 Å². The monoisotopic (exact) mass is 417 g/mol. The van der Waals surface area contributed by atoms with Gasteiger partial charge in [-0.3, -0.25) is 0 Å². The molecule has 31 heavy (non-hydrogen) atoms. The van der Waals surface area contributed by atoms with Crippen LogP contribution < -0.4 is 9.47 Å². The van der Waals surface area contributed by atoms with Crippen LogP contribution in [-0.4, -0.2) is 18.5 Å². The lowest BCUT2D eigenvalue weighted by Gasteiger charge is -2.33. The average molecular weight is 418 g/mol. The Morgan fingerprint density at radius 2 is 1.90 bits per heavy atom. The van der Waals surface area contributed by atoms with Crippen molar-refractivity contribution >= 4 is 17.8 Å². The highest BCUT2D eigenvalue weighted by molar-refractivity contribution is 6.11. The van der Waals surface area contributed by atoms with Gasteiger partial charge in [-0.25, -0.2) is 4.79 Å². The normalized spacial score (nSPS) is 27.8. The molecule has 2 atom stereocenters. The smallest absolute Gasteiger partial charge is 0.366 e. The molecule has 5 nitrogen and oxygen atoms in total. The molecule has 0 amide bonds. The molecule has 2 aromatic carbocycles. The topological polar surface area (TPSA) is 57.1 Å². The van der Waals surface area contributed by atoms with Crippen molar-refractivity contribution in [2.45, 2.75) is 40.5 Å². The van der Waals surface area contributed by atoms with Crippen LogP contribution in [0.4, 0.5) is 0 Å². The van der Waals surface area contributed by atoms with Gasteiger partial charge >= 0.3 is 5.97 Å². The van der Waals surface area contributed by atoms with E-state index < -0.39 is 5.97 Å². The fourth-order valence-electron chi connectivity index (χ4n) is 5.40. The quantitative estimate of drug-likeness (QED) is 0.469. The maximum atomic E-state index is 12.7. The zero-order chi connectivity index (χ0) is 21.8. The highest BCUT2D eigenvalue weighted by Crippen LogP contribution is 2.66. The Hall–Kier alpha value is -3.08. The highest BCUT2D eigenvalue weighted by atomic mass is 16.7. The number of hydrogen-bond donors (Lipinski definition) is 0. The Morgan fingerprint density at radius 3 is 2.71 bits per heavy atom. The molecule has 2 fully saturated rings. The van der Waals surface area contributed by atoms with Crippen molar-refractivity contribution in [2.75, 3.05) is 6.79 Å². The maximum absolute atomic E-state index is 12.7. The number of aryl methyl sites for hydroxylation is 1. The van der Waals surface area contributed by atoms with E-state index >= 15 is 0 Å². The molecule has 0 radical (unpaired) electrons. The van der Waals surface area contributed by atoms with Crippen molar-refractivity contribution < 1.29 is 19.1 Å². The van der Waals surface area contributed by atoms with Crippen molar-refractivity contribution in [1.82, 2.24) is 0 Å². The first-order valence-electron chi connectivity index (χ1n) is 10.8. The minimum atomic E-state index is -0.419. The minimum Gasteiger partial charge on any atom is -0.454 e. The highest BCUT2D eigenvalue weighted by Gasteiger charge is 2.63. The van der Waals surface area contributed by atoms with Gasteiger partial charge in [0, 0.05) is 5.41 Å². The molecule has 3 aliphatic rings. The first kappa shape index (κ1) is 19.9. The number of nitrogens with zero attached hydrogens (tertiary/aromatic N) is 1. The second-order valence-corrected chi connectivity index (χ2v) is 9.49. The van der Waals surface area contributed by atoms with Crippen molar-refractivity contribution in [2.24, 2.45) is 21.9 Å². The van der Waals surface area contributed by atoms with Crippen molar-refractivity contribution in [3.05, 3.63) is 64.7 Å².